The molecule has 96 valence electrons. The lowest BCUT2D eigenvalue weighted by Crippen LogP contribution is -1.92. The van der Waals surface area contributed by atoms with Crippen molar-refractivity contribution < 1.29 is 0 Å². The maximum absolute atomic E-state index is 6.48. The van der Waals surface area contributed by atoms with Crippen LogP contribution in [0.5, 0.6) is 0 Å². The number of rotatable bonds is 3. The molecule has 0 aliphatic heterocycles. The van der Waals surface area contributed by atoms with E-state index >= 15 is 0 Å². The third-order valence-corrected chi connectivity index (χ3v) is 5.97. The first-order valence-electron chi connectivity index (χ1n) is 5.67. The first-order valence-corrected chi connectivity index (χ1v) is 8.10. The van der Waals surface area contributed by atoms with Crippen molar-refractivity contribution in [3.05, 3.63) is 55.1 Å². The molecule has 0 N–H and O–H groups in total. The third kappa shape index (κ3) is 3.11. The second-order valence-electron chi connectivity index (χ2n) is 4.45. The van der Waals surface area contributed by atoms with Crippen LogP contribution in [0.1, 0.15) is 41.1 Å². The lowest BCUT2D eigenvalue weighted by Gasteiger charge is -2.10. The summed E-state index contributed by atoms with van der Waals surface area (Å²) in [5.74, 6) is 0.540. The summed E-state index contributed by atoms with van der Waals surface area (Å²) in [6.07, 6.45) is 0. The number of halogens is 3. The normalized spacial score (nSPS) is 13.0. The predicted octanol–water partition coefficient (Wildman–Crippen LogP) is 6.62. The van der Waals surface area contributed by atoms with Gasteiger partial charge >= 0.3 is 0 Å². The average Bonchev–Trinajstić information content (AvgIpc) is 2.69. The Balaban J connectivity index is 2.25. The van der Waals surface area contributed by atoms with E-state index in [2.05, 4.69) is 54.0 Å². The van der Waals surface area contributed by atoms with Crippen molar-refractivity contribution in [3.63, 3.8) is 0 Å². The Morgan fingerprint density at radius 2 is 1.67 bits per heavy atom. The van der Waals surface area contributed by atoms with E-state index in [-0.39, 0.29) is 5.38 Å². The van der Waals surface area contributed by atoms with E-state index in [0.29, 0.717) is 5.92 Å². The Bertz CT molecular complexity index is 512. The van der Waals surface area contributed by atoms with Gasteiger partial charge in [-0.25, -0.2) is 0 Å². The summed E-state index contributed by atoms with van der Waals surface area (Å²) < 4.78 is 0.934. The molecule has 1 unspecified atom stereocenters. The molecule has 0 spiro atoms. The van der Waals surface area contributed by atoms with Gasteiger partial charge in [-0.1, -0.05) is 49.7 Å². The van der Waals surface area contributed by atoms with Crippen LogP contribution in [-0.2, 0) is 0 Å². The Morgan fingerprint density at radius 1 is 1.11 bits per heavy atom. The van der Waals surface area contributed by atoms with Crippen molar-refractivity contribution in [2.24, 2.45) is 0 Å². The summed E-state index contributed by atoms with van der Waals surface area (Å²) in [5, 5.41) is 0.583. The molecule has 1 aromatic heterocycles. The van der Waals surface area contributed by atoms with E-state index in [1.807, 2.05) is 6.07 Å². The van der Waals surface area contributed by atoms with Gasteiger partial charge in [-0.15, -0.1) is 22.9 Å². The van der Waals surface area contributed by atoms with Gasteiger partial charge in [0, 0.05) is 4.88 Å². The second kappa shape index (κ2) is 5.96. The lowest BCUT2D eigenvalue weighted by atomic mass is 10.0. The highest BCUT2D eigenvalue weighted by Gasteiger charge is 2.15. The standard InChI is InChI=1S/C14H13BrCl2S/c1-8(2)9-3-5-10(6-4-9)13(17)12-7-11(16)14(15)18-12/h3-8,13H,1-2H3. The molecule has 2 rings (SSSR count). The molecule has 4 heteroatoms. The molecular weight excluding hydrogens is 351 g/mol. The van der Waals surface area contributed by atoms with Gasteiger partial charge in [0.05, 0.1) is 14.2 Å². The highest BCUT2D eigenvalue weighted by molar-refractivity contribution is 9.11. The zero-order valence-electron chi connectivity index (χ0n) is 10.1. The fraction of sp³-hybridized carbons (Fsp3) is 0.286. The van der Waals surface area contributed by atoms with E-state index in [1.54, 1.807) is 11.3 Å². The fourth-order valence-corrected chi connectivity index (χ4v) is 3.80. The SMILES string of the molecule is CC(C)c1ccc(C(Cl)c2cc(Cl)c(Br)s2)cc1. The van der Waals surface area contributed by atoms with Crippen LogP contribution < -0.4 is 0 Å². The summed E-state index contributed by atoms with van der Waals surface area (Å²) in [7, 11) is 0. The molecule has 0 amide bonds. The van der Waals surface area contributed by atoms with Gasteiger partial charge in [0.1, 0.15) is 0 Å². The van der Waals surface area contributed by atoms with E-state index in [0.717, 1.165) is 19.2 Å². The van der Waals surface area contributed by atoms with Crippen molar-refractivity contribution in [3.8, 4) is 0 Å². The van der Waals surface area contributed by atoms with Gasteiger partial charge in [0.2, 0.25) is 0 Å². The van der Waals surface area contributed by atoms with E-state index in [4.69, 9.17) is 23.2 Å². The first kappa shape index (κ1) is 14.4. The smallest absolute Gasteiger partial charge is 0.0928 e. The second-order valence-corrected chi connectivity index (χ2v) is 7.70. The van der Waals surface area contributed by atoms with Crippen molar-refractivity contribution in [1.82, 2.24) is 0 Å². The van der Waals surface area contributed by atoms with Gasteiger partial charge in [0.15, 0.2) is 0 Å². The maximum Gasteiger partial charge on any atom is 0.0928 e. The summed E-state index contributed by atoms with van der Waals surface area (Å²) in [6.45, 7) is 4.37. The molecule has 0 aliphatic rings. The van der Waals surface area contributed by atoms with Gasteiger partial charge in [-0.05, 0) is 39.0 Å². The van der Waals surface area contributed by atoms with Gasteiger partial charge in [-0.2, -0.15) is 0 Å². The quantitative estimate of drug-likeness (QED) is 0.537. The molecule has 0 fully saturated rings. The first-order chi connectivity index (χ1) is 8.49. The minimum absolute atomic E-state index is 0.139. The highest BCUT2D eigenvalue weighted by atomic mass is 79.9. The maximum atomic E-state index is 6.48. The molecule has 0 radical (unpaired) electrons. The summed E-state index contributed by atoms with van der Waals surface area (Å²) in [4.78, 5) is 1.06. The Hall–Kier alpha value is -0.0200. The van der Waals surface area contributed by atoms with Gasteiger partial charge in [-0.3, -0.25) is 0 Å². The average molecular weight is 364 g/mol. The van der Waals surface area contributed by atoms with E-state index in [1.165, 1.54) is 5.56 Å². The summed E-state index contributed by atoms with van der Waals surface area (Å²) in [6, 6.07) is 10.4. The van der Waals surface area contributed by atoms with Crippen LogP contribution in [0, 0.1) is 0 Å². The molecule has 0 nitrogen and oxygen atoms in total. The highest BCUT2D eigenvalue weighted by Crippen LogP contribution is 2.40. The van der Waals surface area contributed by atoms with Crippen LogP contribution in [0.4, 0.5) is 0 Å². The molecule has 1 heterocycles. The molecule has 0 bridgehead atoms. The zero-order chi connectivity index (χ0) is 13.3. The monoisotopic (exact) mass is 362 g/mol. The number of hydrogen-bond acceptors (Lipinski definition) is 1. The molecule has 1 atom stereocenters. The van der Waals surface area contributed by atoms with Gasteiger partial charge in [0.25, 0.3) is 0 Å². The van der Waals surface area contributed by atoms with Crippen molar-refractivity contribution in [2.75, 3.05) is 0 Å². The molecule has 1 aromatic carbocycles. The largest absolute Gasteiger partial charge is 0.130 e. The van der Waals surface area contributed by atoms with Crippen LogP contribution in [0.25, 0.3) is 0 Å². The van der Waals surface area contributed by atoms with Crippen LogP contribution in [-0.4, -0.2) is 0 Å². The third-order valence-electron chi connectivity index (χ3n) is 2.81. The molecular formula is C14H13BrCl2S. The topological polar surface area (TPSA) is 0 Å². The van der Waals surface area contributed by atoms with E-state index < -0.39 is 0 Å². The van der Waals surface area contributed by atoms with Crippen LogP contribution in [0.15, 0.2) is 34.1 Å². The molecule has 0 saturated carbocycles. The Labute approximate surface area is 130 Å². The predicted molar refractivity (Wildman–Crippen MR) is 85.3 cm³/mol. The summed E-state index contributed by atoms with van der Waals surface area (Å²) >= 11 is 17.5. The fourth-order valence-electron chi connectivity index (χ4n) is 1.70. The Morgan fingerprint density at radius 3 is 2.11 bits per heavy atom. The minimum Gasteiger partial charge on any atom is -0.130 e. The van der Waals surface area contributed by atoms with Crippen LogP contribution >= 0.6 is 50.5 Å². The van der Waals surface area contributed by atoms with Crippen molar-refractivity contribution >= 4 is 50.5 Å². The summed E-state index contributed by atoms with van der Waals surface area (Å²) in [5.41, 5.74) is 2.43. The number of thiophene rings is 1. The van der Waals surface area contributed by atoms with Crippen molar-refractivity contribution in [1.29, 1.82) is 0 Å². The van der Waals surface area contributed by atoms with Crippen molar-refractivity contribution in [2.45, 2.75) is 25.1 Å². The molecule has 2 aromatic rings. The molecule has 18 heavy (non-hydrogen) atoms. The molecule has 0 saturated heterocycles. The minimum atomic E-state index is -0.139. The van der Waals surface area contributed by atoms with Crippen LogP contribution in [0.2, 0.25) is 5.02 Å². The molecule has 0 aliphatic carbocycles. The lowest BCUT2D eigenvalue weighted by molar-refractivity contribution is 0.865. The Kier molecular flexibility index (Phi) is 4.76. The van der Waals surface area contributed by atoms with E-state index in [9.17, 15) is 0 Å². The zero-order valence-corrected chi connectivity index (χ0v) is 14.0. The number of benzene rings is 1. The van der Waals surface area contributed by atoms with Gasteiger partial charge < -0.3 is 0 Å². The number of hydrogen-bond donors (Lipinski definition) is 0. The number of alkyl halides is 1. The van der Waals surface area contributed by atoms with Crippen LogP contribution in [0.3, 0.4) is 0 Å².